The van der Waals surface area contributed by atoms with Crippen LogP contribution in [0.3, 0.4) is 0 Å². The van der Waals surface area contributed by atoms with Gasteiger partial charge in [0, 0.05) is 0 Å². The third kappa shape index (κ3) is 2.97. The van der Waals surface area contributed by atoms with Gasteiger partial charge in [-0.1, -0.05) is 25.6 Å². The van der Waals surface area contributed by atoms with E-state index < -0.39 is 0 Å². The van der Waals surface area contributed by atoms with E-state index in [9.17, 15) is 0 Å². The highest BCUT2D eigenvalue weighted by molar-refractivity contribution is 8.26. The molecule has 0 spiro atoms. The summed E-state index contributed by atoms with van der Waals surface area (Å²) < 4.78 is 0. The van der Waals surface area contributed by atoms with E-state index in [0.717, 1.165) is 11.5 Å². The van der Waals surface area contributed by atoms with Crippen LogP contribution in [0.2, 0.25) is 0 Å². The molecule has 68 valence electrons. The van der Waals surface area contributed by atoms with Gasteiger partial charge in [0.15, 0.2) is 0 Å². The minimum absolute atomic E-state index is 0.139. The second-order valence-corrected chi connectivity index (χ2v) is 4.77. The maximum absolute atomic E-state index is 4.46. The average Bonchev–Trinajstić information content (AvgIpc) is 1.81. The highest BCUT2D eigenvalue weighted by Crippen LogP contribution is 2.20. The second-order valence-electron chi connectivity index (χ2n) is 3.50. The molecular formula is C9H16N2S. The lowest BCUT2D eigenvalue weighted by atomic mass is 10.1. The first-order chi connectivity index (χ1) is 5.58. The third-order valence-electron chi connectivity index (χ3n) is 1.55. The lowest BCUT2D eigenvalue weighted by Gasteiger charge is -2.15. The zero-order chi connectivity index (χ0) is 9.14. The van der Waals surface area contributed by atoms with Gasteiger partial charge in [-0.2, -0.15) is 0 Å². The number of hydrogen-bond acceptors (Lipinski definition) is 3. The summed E-state index contributed by atoms with van der Waals surface area (Å²) in [4.78, 5) is 8.80. The molecule has 0 aromatic heterocycles. The molecule has 0 aliphatic carbocycles. The van der Waals surface area contributed by atoms with Crippen molar-refractivity contribution >= 4 is 21.8 Å². The molecule has 0 bridgehead atoms. The highest BCUT2D eigenvalue weighted by atomic mass is 32.2. The van der Waals surface area contributed by atoms with Crippen LogP contribution in [0, 0.1) is 5.92 Å². The molecule has 0 N–H and O–H groups in total. The van der Waals surface area contributed by atoms with Crippen molar-refractivity contribution in [2.75, 3.05) is 0 Å². The van der Waals surface area contributed by atoms with Gasteiger partial charge in [-0.15, -0.1) is 0 Å². The number of hydrogen-bond donors (Lipinski definition) is 0. The first kappa shape index (κ1) is 9.78. The fraction of sp³-hybridized carbons (Fsp3) is 0.778. The molecular weight excluding hydrogens is 168 g/mol. The molecule has 1 atom stereocenters. The second kappa shape index (κ2) is 4.08. The zero-order valence-electron chi connectivity index (χ0n) is 8.16. The van der Waals surface area contributed by atoms with Gasteiger partial charge < -0.3 is 0 Å². The van der Waals surface area contributed by atoms with E-state index in [1.165, 1.54) is 5.04 Å². The van der Waals surface area contributed by atoms with Crippen LogP contribution >= 0.6 is 11.8 Å². The van der Waals surface area contributed by atoms with Gasteiger partial charge in [0.25, 0.3) is 0 Å². The van der Waals surface area contributed by atoms with E-state index in [1.54, 1.807) is 11.8 Å². The van der Waals surface area contributed by atoms with Crippen LogP contribution in [0.5, 0.6) is 0 Å². The zero-order valence-corrected chi connectivity index (χ0v) is 8.98. The molecule has 0 aromatic carbocycles. The SMILES string of the molecule is CC1=NC(C)N=C(CC(C)C)S1. The van der Waals surface area contributed by atoms with Gasteiger partial charge in [0.2, 0.25) is 0 Å². The standard InChI is InChI=1S/C9H16N2S/c1-6(2)5-9-11-7(3)10-8(4)12-9/h6-7H,5H2,1-4H3. The number of rotatable bonds is 2. The Morgan fingerprint density at radius 3 is 2.58 bits per heavy atom. The van der Waals surface area contributed by atoms with Crippen molar-refractivity contribution in [1.82, 2.24) is 0 Å². The summed E-state index contributed by atoms with van der Waals surface area (Å²) in [7, 11) is 0. The Balaban J connectivity index is 2.56. The van der Waals surface area contributed by atoms with Crippen LogP contribution in [0.1, 0.15) is 34.1 Å². The molecule has 1 unspecified atom stereocenters. The van der Waals surface area contributed by atoms with Crippen molar-refractivity contribution in [2.24, 2.45) is 15.9 Å². The molecule has 3 heteroatoms. The van der Waals surface area contributed by atoms with E-state index in [2.05, 4.69) is 30.8 Å². The Hall–Kier alpha value is -0.310. The summed E-state index contributed by atoms with van der Waals surface area (Å²) in [6, 6.07) is 0. The van der Waals surface area contributed by atoms with Crippen molar-refractivity contribution in [3.05, 3.63) is 0 Å². The molecule has 0 aromatic rings. The fourth-order valence-corrected chi connectivity index (χ4v) is 2.34. The molecule has 12 heavy (non-hydrogen) atoms. The van der Waals surface area contributed by atoms with Crippen molar-refractivity contribution in [2.45, 2.75) is 40.3 Å². The van der Waals surface area contributed by atoms with Gasteiger partial charge in [0.1, 0.15) is 6.17 Å². The average molecular weight is 184 g/mol. The van der Waals surface area contributed by atoms with E-state index in [4.69, 9.17) is 0 Å². The molecule has 1 aliphatic rings. The fourth-order valence-electron chi connectivity index (χ4n) is 1.17. The van der Waals surface area contributed by atoms with Crippen LogP contribution in [0.15, 0.2) is 9.98 Å². The number of thioether (sulfide) groups is 1. The van der Waals surface area contributed by atoms with Crippen molar-refractivity contribution < 1.29 is 0 Å². The quantitative estimate of drug-likeness (QED) is 0.647. The van der Waals surface area contributed by atoms with Crippen LogP contribution in [0.4, 0.5) is 0 Å². The van der Waals surface area contributed by atoms with Crippen molar-refractivity contribution in [1.29, 1.82) is 0 Å². The summed E-state index contributed by atoms with van der Waals surface area (Å²) >= 11 is 1.72. The minimum Gasteiger partial charge on any atom is -0.256 e. The molecule has 1 heterocycles. The molecule has 0 fully saturated rings. The van der Waals surface area contributed by atoms with E-state index in [0.29, 0.717) is 5.92 Å². The van der Waals surface area contributed by atoms with Gasteiger partial charge >= 0.3 is 0 Å². The Morgan fingerprint density at radius 1 is 1.42 bits per heavy atom. The summed E-state index contributed by atoms with van der Waals surface area (Å²) in [6.45, 7) is 8.52. The Morgan fingerprint density at radius 2 is 2.08 bits per heavy atom. The monoisotopic (exact) mass is 184 g/mol. The smallest absolute Gasteiger partial charge is 0.138 e. The van der Waals surface area contributed by atoms with Gasteiger partial charge in [-0.25, -0.2) is 0 Å². The maximum atomic E-state index is 4.46. The third-order valence-corrected chi connectivity index (χ3v) is 2.46. The predicted molar refractivity (Wildman–Crippen MR) is 57.1 cm³/mol. The number of nitrogens with zero attached hydrogens (tertiary/aromatic N) is 2. The number of aliphatic imine (C=N–C) groups is 2. The molecule has 0 saturated carbocycles. The van der Waals surface area contributed by atoms with Gasteiger partial charge in [0.05, 0.1) is 10.1 Å². The van der Waals surface area contributed by atoms with Crippen molar-refractivity contribution in [3.8, 4) is 0 Å². The summed E-state index contributed by atoms with van der Waals surface area (Å²) in [6.07, 6.45) is 1.22. The lowest BCUT2D eigenvalue weighted by molar-refractivity contribution is 0.681. The molecule has 2 nitrogen and oxygen atoms in total. The van der Waals surface area contributed by atoms with Gasteiger partial charge in [-0.05, 0) is 26.2 Å². The van der Waals surface area contributed by atoms with E-state index in [-0.39, 0.29) is 6.17 Å². The van der Waals surface area contributed by atoms with Crippen LogP contribution < -0.4 is 0 Å². The Bertz CT molecular complexity index is 219. The minimum atomic E-state index is 0.139. The molecule has 0 saturated heterocycles. The predicted octanol–water partition coefficient (Wildman–Crippen LogP) is 2.94. The van der Waals surface area contributed by atoms with Crippen LogP contribution in [-0.4, -0.2) is 16.3 Å². The van der Waals surface area contributed by atoms with Gasteiger partial charge in [-0.3, -0.25) is 9.98 Å². The van der Waals surface area contributed by atoms with Crippen molar-refractivity contribution in [3.63, 3.8) is 0 Å². The Labute approximate surface area is 78.6 Å². The lowest BCUT2D eigenvalue weighted by Crippen LogP contribution is -2.11. The summed E-state index contributed by atoms with van der Waals surface area (Å²) in [5.41, 5.74) is 0. The molecule has 1 aliphatic heterocycles. The maximum Gasteiger partial charge on any atom is 0.138 e. The topological polar surface area (TPSA) is 24.7 Å². The normalized spacial score (nSPS) is 23.9. The molecule has 0 amide bonds. The van der Waals surface area contributed by atoms with E-state index in [1.807, 2.05) is 6.92 Å². The summed E-state index contributed by atoms with van der Waals surface area (Å²) in [5, 5.41) is 2.39. The molecule has 1 rings (SSSR count). The highest BCUT2D eigenvalue weighted by Gasteiger charge is 2.12. The first-order valence-corrected chi connectivity index (χ1v) is 5.18. The molecule has 0 radical (unpaired) electrons. The van der Waals surface area contributed by atoms with Crippen LogP contribution in [0.25, 0.3) is 0 Å². The Kier molecular flexibility index (Phi) is 3.32. The first-order valence-electron chi connectivity index (χ1n) is 4.37. The van der Waals surface area contributed by atoms with Crippen LogP contribution in [-0.2, 0) is 0 Å². The summed E-state index contributed by atoms with van der Waals surface area (Å²) in [5.74, 6) is 0.689. The van der Waals surface area contributed by atoms with E-state index >= 15 is 0 Å². The largest absolute Gasteiger partial charge is 0.256 e.